The first-order chi connectivity index (χ1) is 8.36. The van der Waals surface area contributed by atoms with Crippen molar-refractivity contribution in [2.75, 3.05) is 26.2 Å². The van der Waals surface area contributed by atoms with Crippen LogP contribution in [0.3, 0.4) is 0 Å². The van der Waals surface area contributed by atoms with Crippen molar-refractivity contribution in [3.63, 3.8) is 0 Å². The zero-order valence-corrected chi connectivity index (χ0v) is 11.1. The molecule has 0 saturated heterocycles. The highest BCUT2D eigenvalue weighted by Gasteiger charge is 1.98. The van der Waals surface area contributed by atoms with E-state index in [4.69, 9.17) is 4.74 Å². The Kier molecular flexibility index (Phi) is 7.48. The van der Waals surface area contributed by atoms with Gasteiger partial charge in [-0.15, -0.1) is 0 Å². The average Bonchev–Trinajstić information content (AvgIpc) is 2.39. The molecule has 1 aromatic carbocycles. The van der Waals surface area contributed by atoms with E-state index in [0.29, 0.717) is 0 Å². The van der Waals surface area contributed by atoms with Crippen LogP contribution in [0.1, 0.15) is 33.1 Å². The molecule has 1 radical (unpaired) electrons. The lowest BCUT2D eigenvalue weighted by molar-refractivity contribution is 0.277. The van der Waals surface area contributed by atoms with Crippen molar-refractivity contribution in [1.29, 1.82) is 0 Å². The number of benzene rings is 1. The van der Waals surface area contributed by atoms with Crippen molar-refractivity contribution in [2.45, 2.75) is 33.1 Å². The summed E-state index contributed by atoms with van der Waals surface area (Å²) >= 11 is 0. The van der Waals surface area contributed by atoms with Gasteiger partial charge in [-0.25, -0.2) is 0 Å². The molecular formula is C15H24NO. The second kappa shape index (κ2) is 9.06. The van der Waals surface area contributed by atoms with Gasteiger partial charge in [0, 0.05) is 0 Å². The fourth-order valence-electron chi connectivity index (χ4n) is 1.81. The maximum Gasteiger partial charge on any atom is 0.119 e. The molecule has 0 N–H and O–H groups in total. The number of nitrogens with zero attached hydrogens (tertiary/aromatic N) is 1. The fourth-order valence-corrected chi connectivity index (χ4v) is 1.81. The Morgan fingerprint density at radius 2 is 1.76 bits per heavy atom. The van der Waals surface area contributed by atoms with Gasteiger partial charge in [0.25, 0.3) is 0 Å². The largest absolute Gasteiger partial charge is 0.494 e. The van der Waals surface area contributed by atoms with E-state index in [-0.39, 0.29) is 0 Å². The summed E-state index contributed by atoms with van der Waals surface area (Å²) in [7, 11) is 0. The van der Waals surface area contributed by atoms with E-state index in [0.717, 1.165) is 31.9 Å². The van der Waals surface area contributed by atoms with Crippen molar-refractivity contribution in [3.8, 4) is 5.75 Å². The Morgan fingerprint density at radius 1 is 1.06 bits per heavy atom. The zero-order valence-electron chi connectivity index (χ0n) is 11.1. The van der Waals surface area contributed by atoms with Crippen LogP contribution in [0.4, 0.5) is 0 Å². The molecule has 0 spiro atoms. The zero-order chi connectivity index (χ0) is 12.3. The summed E-state index contributed by atoms with van der Waals surface area (Å²) in [5.41, 5.74) is 0. The molecule has 0 atom stereocenters. The van der Waals surface area contributed by atoms with Crippen LogP contribution in [0.5, 0.6) is 5.75 Å². The summed E-state index contributed by atoms with van der Waals surface area (Å²) in [4.78, 5) is 2.47. The molecular weight excluding hydrogens is 210 g/mol. The molecule has 0 fully saturated rings. The normalized spacial score (nSPS) is 10.8. The minimum atomic E-state index is 0.822. The number of unbranched alkanes of at least 4 members (excludes halogenated alkanes) is 2. The number of rotatable bonds is 9. The maximum atomic E-state index is 5.63. The standard InChI is InChI=1S/C15H24NO/c1-3-16(4-2)13-9-6-10-14-17-15-11-7-5-8-12-15/h7-8,11-12H,3-4,6,9-10,13-14H2,1-2H3. The Morgan fingerprint density at radius 3 is 2.41 bits per heavy atom. The van der Waals surface area contributed by atoms with Gasteiger partial charge >= 0.3 is 0 Å². The fraction of sp³-hybridized carbons (Fsp3) is 0.600. The van der Waals surface area contributed by atoms with E-state index >= 15 is 0 Å². The van der Waals surface area contributed by atoms with Crippen LogP contribution in [-0.2, 0) is 0 Å². The molecule has 95 valence electrons. The minimum Gasteiger partial charge on any atom is -0.494 e. The first-order valence-electron chi connectivity index (χ1n) is 6.68. The number of hydrogen-bond acceptors (Lipinski definition) is 2. The molecule has 0 bridgehead atoms. The van der Waals surface area contributed by atoms with Gasteiger partial charge in [0.15, 0.2) is 0 Å². The molecule has 0 aliphatic carbocycles. The van der Waals surface area contributed by atoms with Crippen molar-refractivity contribution in [3.05, 3.63) is 30.3 Å². The number of hydrogen-bond donors (Lipinski definition) is 0. The van der Waals surface area contributed by atoms with E-state index < -0.39 is 0 Å². The van der Waals surface area contributed by atoms with Gasteiger partial charge in [-0.05, 0) is 57.1 Å². The monoisotopic (exact) mass is 234 g/mol. The molecule has 0 saturated carbocycles. The van der Waals surface area contributed by atoms with Crippen molar-refractivity contribution in [1.82, 2.24) is 4.90 Å². The summed E-state index contributed by atoms with van der Waals surface area (Å²) < 4.78 is 5.63. The Bertz CT molecular complexity index is 270. The summed E-state index contributed by atoms with van der Waals surface area (Å²) in [6.45, 7) is 8.80. The average molecular weight is 234 g/mol. The van der Waals surface area contributed by atoms with Gasteiger partial charge in [0.05, 0.1) is 6.61 Å². The summed E-state index contributed by atoms with van der Waals surface area (Å²) in [6.07, 6.45) is 3.66. The molecule has 2 heteroatoms. The highest BCUT2D eigenvalue weighted by Crippen LogP contribution is 2.09. The van der Waals surface area contributed by atoms with Gasteiger partial charge in [-0.1, -0.05) is 26.0 Å². The smallest absolute Gasteiger partial charge is 0.119 e. The molecule has 0 aliphatic rings. The summed E-state index contributed by atoms with van der Waals surface area (Å²) in [6, 6.07) is 10.7. The van der Waals surface area contributed by atoms with E-state index in [2.05, 4.69) is 24.8 Å². The van der Waals surface area contributed by atoms with Gasteiger partial charge < -0.3 is 9.64 Å². The van der Waals surface area contributed by atoms with Crippen LogP contribution in [0.25, 0.3) is 0 Å². The van der Waals surface area contributed by atoms with Crippen LogP contribution >= 0.6 is 0 Å². The van der Waals surface area contributed by atoms with Crippen molar-refractivity contribution in [2.24, 2.45) is 0 Å². The lowest BCUT2D eigenvalue weighted by Crippen LogP contribution is -2.23. The highest BCUT2D eigenvalue weighted by atomic mass is 16.5. The van der Waals surface area contributed by atoms with E-state index in [1.807, 2.05) is 24.3 Å². The minimum absolute atomic E-state index is 0.822. The van der Waals surface area contributed by atoms with E-state index in [1.54, 1.807) is 0 Å². The van der Waals surface area contributed by atoms with Crippen LogP contribution < -0.4 is 4.74 Å². The molecule has 1 aromatic rings. The Balaban J connectivity index is 1.98. The summed E-state index contributed by atoms with van der Waals surface area (Å²) in [5.74, 6) is 0.951. The van der Waals surface area contributed by atoms with E-state index in [9.17, 15) is 0 Å². The second-order valence-electron chi connectivity index (χ2n) is 4.17. The SMILES string of the molecule is CCN(CC)CCCCCOc1cc[c]cc1. The van der Waals surface area contributed by atoms with Gasteiger partial charge in [0.2, 0.25) is 0 Å². The molecule has 17 heavy (non-hydrogen) atoms. The van der Waals surface area contributed by atoms with Crippen LogP contribution in [0, 0.1) is 6.07 Å². The molecule has 0 amide bonds. The molecule has 0 aromatic heterocycles. The predicted octanol–water partition coefficient (Wildman–Crippen LogP) is 3.38. The van der Waals surface area contributed by atoms with Gasteiger partial charge in [-0.3, -0.25) is 0 Å². The molecule has 1 rings (SSSR count). The van der Waals surface area contributed by atoms with Crippen molar-refractivity contribution >= 4 is 0 Å². The summed E-state index contributed by atoms with van der Waals surface area (Å²) in [5, 5.41) is 0. The van der Waals surface area contributed by atoms with Crippen LogP contribution in [-0.4, -0.2) is 31.1 Å². The second-order valence-corrected chi connectivity index (χ2v) is 4.17. The first kappa shape index (κ1) is 14.0. The van der Waals surface area contributed by atoms with Crippen molar-refractivity contribution < 1.29 is 4.74 Å². The third kappa shape index (κ3) is 6.32. The topological polar surface area (TPSA) is 12.5 Å². The first-order valence-corrected chi connectivity index (χ1v) is 6.68. The van der Waals surface area contributed by atoms with Gasteiger partial charge in [-0.2, -0.15) is 0 Å². The molecule has 0 unspecified atom stereocenters. The van der Waals surface area contributed by atoms with Gasteiger partial charge in [0.1, 0.15) is 5.75 Å². The lowest BCUT2D eigenvalue weighted by atomic mass is 10.2. The molecule has 0 heterocycles. The van der Waals surface area contributed by atoms with Crippen LogP contribution in [0.2, 0.25) is 0 Å². The third-order valence-corrected chi connectivity index (χ3v) is 2.97. The highest BCUT2D eigenvalue weighted by molar-refractivity contribution is 5.20. The lowest BCUT2D eigenvalue weighted by Gasteiger charge is -2.17. The Hall–Kier alpha value is -1.02. The van der Waals surface area contributed by atoms with E-state index in [1.165, 1.54) is 19.4 Å². The molecule has 0 aliphatic heterocycles. The quantitative estimate of drug-likeness (QED) is 0.607. The number of ether oxygens (including phenoxy) is 1. The predicted molar refractivity (Wildman–Crippen MR) is 72.4 cm³/mol. The third-order valence-electron chi connectivity index (χ3n) is 2.97. The molecule has 2 nitrogen and oxygen atoms in total. The maximum absolute atomic E-state index is 5.63. The Labute approximate surface area is 106 Å². The van der Waals surface area contributed by atoms with Crippen LogP contribution in [0.15, 0.2) is 24.3 Å².